The van der Waals surface area contributed by atoms with E-state index in [0.717, 1.165) is 42.8 Å². The number of ether oxygens (including phenoxy) is 1. The summed E-state index contributed by atoms with van der Waals surface area (Å²) in [5, 5.41) is 0. The first-order chi connectivity index (χ1) is 11.7. The number of carbonyl (C=O) groups is 1. The van der Waals surface area contributed by atoms with Gasteiger partial charge in [-0.05, 0) is 37.5 Å². The molecule has 0 saturated carbocycles. The van der Waals surface area contributed by atoms with E-state index >= 15 is 0 Å². The largest absolute Gasteiger partial charge is 0.378 e. The van der Waals surface area contributed by atoms with Crippen molar-refractivity contribution in [2.24, 2.45) is 0 Å². The van der Waals surface area contributed by atoms with Crippen LogP contribution in [-0.2, 0) is 4.74 Å². The highest BCUT2D eigenvalue weighted by atomic mass is 16.5. The average Bonchev–Trinajstić information content (AvgIpc) is 3.05. The number of rotatable bonds is 1. The number of aromatic amines is 1. The first kappa shape index (κ1) is 15.4. The Morgan fingerprint density at radius 3 is 2.92 bits per heavy atom. The average molecular weight is 328 g/mol. The minimum atomic E-state index is 0.148. The number of aromatic nitrogens is 2. The molecule has 128 valence electrons. The summed E-state index contributed by atoms with van der Waals surface area (Å²) in [5.41, 5.74) is 3.32. The van der Waals surface area contributed by atoms with E-state index in [0.29, 0.717) is 26.3 Å². The van der Waals surface area contributed by atoms with Gasteiger partial charge in [-0.25, -0.2) is 9.78 Å². The lowest BCUT2D eigenvalue weighted by molar-refractivity contribution is 0.0407. The van der Waals surface area contributed by atoms with Gasteiger partial charge in [-0.3, -0.25) is 0 Å². The normalized spacial score (nSPS) is 22.1. The third-order valence-electron chi connectivity index (χ3n) is 5.02. The molecule has 0 unspecified atom stereocenters. The van der Waals surface area contributed by atoms with Gasteiger partial charge in [0.05, 0.1) is 24.2 Å². The molecule has 4 rings (SSSR count). The molecule has 0 spiro atoms. The van der Waals surface area contributed by atoms with E-state index in [1.54, 1.807) is 0 Å². The van der Waals surface area contributed by atoms with Gasteiger partial charge in [-0.2, -0.15) is 0 Å². The lowest BCUT2D eigenvalue weighted by Crippen LogP contribution is -2.50. The van der Waals surface area contributed by atoms with Crippen molar-refractivity contribution in [3.8, 4) is 0 Å². The van der Waals surface area contributed by atoms with Crippen molar-refractivity contribution in [3.05, 3.63) is 29.6 Å². The number of H-pyrrole nitrogens is 1. The van der Waals surface area contributed by atoms with Gasteiger partial charge in [0.15, 0.2) is 0 Å². The summed E-state index contributed by atoms with van der Waals surface area (Å²) in [7, 11) is 0. The molecule has 1 aromatic carbocycles. The number of hydrogen-bond acceptors (Lipinski definition) is 3. The lowest BCUT2D eigenvalue weighted by Gasteiger charge is -2.37. The smallest absolute Gasteiger partial charge is 0.320 e. The van der Waals surface area contributed by atoms with Gasteiger partial charge in [-0.15, -0.1) is 0 Å². The maximum atomic E-state index is 12.7. The topological polar surface area (TPSA) is 61.5 Å². The van der Waals surface area contributed by atoms with Crippen LogP contribution >= 0.6 is 0 Å². The molecule has 6 heteroatoms. The Balaban J connectivity index is 1.50. The van der Waals surface area contributed by atoms with Crippen molar-refractivity contribution < 1.29 is 9.53 Å². The van der Waals surface area contributed by atoms with Crippen LogP contribution < -0.4 is 0 Å². The van der Waals surface area contributed by atoms with Crippen molar-refractivity contribution in [2.75, 3.05) is 39.4 Å². The Bertz CT molecular complexity index is 736. The van der Waals surface area contributed by atoms with E-state index in [4.69, 9.17) is 9.72 Å². The second-order valence-electron chi connectivity index (χ2n) is 6.81. The molecular formula is C18H24N4O2. The Kier molecular flexibility index (Phi) is 4.14. The lowest BCUT2D eigenvalue weighted by atomic mass is 9.97. The Morgan fingerprint density at radius 1 is 1.25 bits per heavy atom. The van der Waals surface area contributed by atoms with Crippen LogP contribution in [0, 0.1) is 6.92 Å². The van der Waals surface area contributed by atoms with Crippen molar-refractivity contribution in [1.29, 1.82) is 0 Å². The van der Waals surface area contributed by atoms with Gasteiger partial charge in [0.2, 0.25) is 0 Å². The second kappa shape index (κ2) is 6.43. The first-order valence-electron chi connectivity index (χ1n) is 8.78. The zero-order valence-corrected chi connectivity index (χ0v) is 14.1. The number of nitrogens with zero attached hydrogens (tertiary/aromatic N) is 3. The molecule has 1 N–H and O–H groups in total. The fraction of sp³-hybridized carbons (Fsp3) is 0.556. The zero-order chi connectivity index (χ0) is 16.5. The molecule has 2 aliphatic rings. The van der Waals surface area contributed by atoms with Crippen LogP contribution in [0.3, 0.4) is 0 Å². The second-order valence-corrected chi connectivity index (χ2v) is 6.81. The van der Waals surface area contributed by atoms with Crippen LogP contribution in [0.2, 0.25) is 0 Å². The van der Waals surface area contributed by atoms with Crippen LogP contribution in [0.25, 0.3) is 11.0 Å². The van der Waals surface area contributed by atoms with Crippen molar-refractivity contribution in [2.45, 2.75) is 25.7 Å². The number of benzene rings is 1. The molecule has 0 radical (unpaired) electrons. The minimum Gasteiger partial charge on any atom is -0.378 e. The van der Waals surface area contributed by atoms with E-state index in [-0.39, 0.29) is 11.9 Å². The van der Waals surface area contributed by atoms with Gasteiger partial charge in [0, 0.05) is 32.1 Å². The van der Waals surface area contributed by atoms with Crippen LogP contribution in [0.1, 0.15) is 30.1 Å². The molecule has 2 amide bonds. The standard InChI is InChI=1S/C18H24N4O2/c1-13-4-5-15-16(11-13)20-17(19-15)14-3-2-6-22(12-14)18(23)21-7-9-24-10-8-21/h4-5,11,14H,2-3,6-10,12H2,1H3,(H,19,20)/t14-/m1/s1. The molecule has 2 aromatic rings. The summed E-state index contributed by atoms with van der Waals surface area (Å²) in [6.45, 7) is 6.36. The summed E-state index contributed by atoms with van der Waals surface area (Å²) in [6.07, 6.45) is 2.10. The summed E-state index contributed by atoms with van der Waals surface area (Å²) in [5.74, 6) is 1.30. The molecule has 2 aliphatic heterocycles. The van der Waals surface area contributed by atoms with Gasteiger partial charge < -0.3 is 19.5 Å². The highest BCUT2D eigenvalue weighted by molar-refractivity contribution is 5.76. The van der Waals surface area contributed by atoms with Gasteiger partial charge in [0.25, 0.3) is 0 Å². The molecule has 0 aliphatic carbocycles. The predicted molar refractivity (Wildman–Crippen MR) is 92.2 cm³/mol. The number of urea groups is 1. The summed E-state index contributed by atoms with van der Waals surface area (Å²) in [6, 6.07) is 6.42. The number of carbonyl (C=O) groups excluding carboxylic acids is 1. The van der Waals surface area contributed by atoms with E-state index in [9.17, 15) is 4.79 Å². The number of fused-ring (bicyclic) bond motifs is 1. The molecule has 24 heavy (non-hydrogen) atoms. The van der Waals surface area contributed by atoms with Crippen LogP contribution in [0.5, 0.6) is 0 Å². The van der Waals surface area contributed by atoms with E-state index in [1.807, 2.05) is 9.80 Å². The molecule has 2 saturated heterocycles. The Morgan fingerprint density at radius 2 is 2.08 bits per heavy atom. The first-order valence-corrected chi connectivity index (χ1v) is 8.78. The zero-order valence-electron chi connectivity index (χ0n) is 14.1. The van der Waals surface area contributed by atoms with Crippen LogP contribution in [0.4, 0.5) is 4.79 Å². The maximum Gasteiger partial charge on any atom is 0.320 e. The number of nitrogens with one attached hydrogen (secondary N) is 1. The maximum absolute atomic E-state index is 12.7. The molecule has 0 bridgehead atoms. The van der Waals surface area contributed by atoms with Crippen LogP contribution in [0.15, 0.2) is 18.2 Å². The molecule has 3 heterocycles. The van der Waals surface area contributed by atoms with Gasteiger partial charge >= 0.3 is 6.03 Å². The van der Waals surface area contributed by atoms with Crippen molar-refractivity contribution in [1.82, 2.24) is 19.8 Å². The number of amides is 2. The summed E-state index contributed by atoms with van der Waals surface area (Å²) in [4.78, 5) is 24.8. The van der Waals surface area contributed by atoms with Crippen molar-refractivity contribution in [3.63, 3.8) is 0 Å². The van der Waals surface area contributed by atoms with E-state index < -0.39 is 0 Å². The minimum absolute atomic E-state index is 0.148. The fourth-order valence-corrected chi connectivity index (χ4v) is 3.67. The number of likely N-dealkylation sites (tertiary alicyclic amines) is 1. The highest BCUT2D eigenvalue weighted by Crippen LogP contribution is 2.27. The van der Waals surface area contributed by atoms with E-state index in [1.165, 1.54) is 5.56 Å². The Labute approximate surface area is 141 Å². The number of piperidine rings is 1. The number of imidazole rings is 1. The number of morpholine rings is 1. The van der Waals surface area contributed by atoms with Crippen LogP contribution in [-0.4, -0.2) is 65.2 Å². The molecule has 1 aromatic heterocycles. The summed E-state index contributed by atoms with van der Waals surface area (Å²) < 4.78 is 5.34. The SMILES string of the molecule is Cc1ccc2nc([C@@H]3CCCN(C(=O)N4CCOCC4)C3)[nH]c2c1. The Hall–Kier alpha value is -2.08. The van der Waals surface area contributed by atoms with Gasteiger partial charge in [-0.1, -0.05) is 6.07 Å². The molecule has 2 fully saturated rings. The van der Waals surface area contributed by atoms with E-state index in [2.05, 4.69) is 30.1 Å². The fourth-order valence-electron chi connectivity index (χ4n) is 3.67. The molecule has 1 atom stereocenters. The van der Waals surface area contributed by atoms with Crippen molar-refractivity contribution >= 4 is 17.1 Å². The quantitative estimate of drug-likeness (QED) is 0.875. The molecule has 6 nitrogen and oxygen atoms in total. The predicted octanol–water partition coefficient (Wildman–Crippen LogP) is 2.50. The third-order valence-corrected chi connectivity index (χ3v) is 5.02. The summed E-state index contributed by atoms with van der Waals surface area (Å²) >= 11 is 0. The molecular weight excluding hydrogens is 304 g/mol. The third kappa shape index (κ3) is 2.98. The van der Waals surface area contributed by atoms with Gasteiger partial charge in [0.1, 0.15) is 5.82 Å². The number of hydrogen-bond donors (Lipinski definition) is 1. The monoisotopic (exact) mass is 328 g/mol. The highest BCUT2D eigenvalue weighted by Gasteiger charge is 2.30. The number of aryl methyl sites for hydroxylation is 1.